The van der Waals surface area contributed by atoms with Gasteiger partial charge < -0.3 is 9.47 Å². The number of benzene rings is 2. The van der Waals surface area contributed by atoms with E-state index in [1.807, 2.05) is 36.4 Å². The van der Waals surface area contributed by atoms with E-state index in [0.29, 0.717) is 0 Å². The lowest BCUT2D eigenvalue weighted by atomic mass is 10.0. The number of carbonyl (C=O) groups excluding carboxylic acids is 2. The average Bonchev–Trinajstić information content (AvgIpc) is 2.91. The summed E-state index contributed by atoms with van der Waals surface area (Å²) in [4.78, 5) is 22.5. The van der Waals surface area contributed by atoms with Crippen LogP contribution in [0.2, 0.25) is 0 Å². The average molecular weight is 555 g/mol. The largest absolute Gasteiger partial charge is 0.426 e. The van der Waals surface area contributed by atoms with E-state index in [1.54, 1.807) is 0 Å². The molecule has 0 heterocycles. The van der Waals surface area contributed by atoms with Crippen molar-refractivity contribution in [3.8, 4) is 11.5 Å². The highest BCUT2D eigenvalue weighted by atomic mass is 32.2. The molecule has 0 atom stereocenters. The molecule has 0 bridgehead atoms. The Labute approximate surface area is 241 Å². The molecule has 0 fully saturated rings. The molecule has 4 nitrogen and oxygen atoms in total. The summed E-state index contributed by atoms with van der Waals surface area (Å²) in [5.41, 5.74) is 2.28. The molecule has 2 aromatic carbocycles. The fraction of sp³-hybridized carbons (Fsp3) is 0.588. The molecule has 216 valence electrons. The van der Waals surface area contributed by atoms with Gasteiger partial charge in [-0.25, -0.2) is 0 Å². The van der Waals surface area contributed by atoms with E-state index in [9.17, 15) is 9.59 Å². The third kappa shape index (κ3) is 16.4. The molecule has 0 aliphatic heterocycles. The van der Waals surface area contributed by atoms with Crippen LogP contribution in [0.1, 0.15) is 115 Å². The van der Waals surface area contributed by atoms with Crippen LogP contribution in [-0.4, -0.2) is 23.4 Å². The van der Waals surface area contributed by atoms with Crippen LogP contribution in [-0.2, 0) is 22.4 Å². The fourth-order valence-electron chi connectivity index (χ4n) is 4.84. The molecule has 0 spiro atoms. The Hall–Kier alpha value is -2.27. The molecular formula is C34H50O4S. The lowest BCUT2D eigenvalue weighted by Crippen LogP contribution is -2.03. The molecule has 5 heteroatoms. The van der Waals surface area contributed by atoms with Gasteiger partial charge in [0.25, 0.3) is 0 Å². The van der Waals surface area contributed by atoms with Crippen molar-refractivity contribution in [1.29, 1.82) is 0 Å². The minimum absolute atomic E-state index is 0.249. The second kappa shape index (κ2) is 21.5. The summed E-state index contributed by atoms with van der Waals surface area (Å²) in [6.07, 6.45) is 20.1. The Morgan fingerprint density at radius 3 is 1.23 bits per heavy atom. The van der Waals surface area contributed by atoms with Crippen molar-refractivity contribution >= 4 is 23.7 Å². The highest BCUT2D eigenvalue weighted by Gasteiger charge is 2.06. The zero-order valence-corrected chi connectivity index (χ0v) is 25.2. The van der Waals surface area contributed by atoms with Gasteiger partial charge in [-0.15, -0.1) is 0 Å². The maximum Gasteiger partial charge on any atom is 0.308 e. The molecule has 0 aliphatic rings. The lowest BCUT2D eigenvalue weighted by Gasteiger charge is -2.08. The van der Waals surface area contributed by atoms with Crippen LogP contribution in [0.5, 0.6) is 11.5 Å². The quantitative estimate of drug-likeness (QED) is 0.0824. The predicted octanol–water partition coefficient (Wildman–Crippen LogP) is 9.52. The van der Waals surface area contributed by atoms with Crippen molar-refractivity contribution in [2.75, 3.05) is 11.5 Å². The van der Waals surface area contributed by atoms with Crippen LogP contribution in [0.4, 0.5) is 0 Å². The van der Waals surface area contributed by atoms with E-state index in [2.05, 4.69) is 23.9 Å². The number of hydrogen-bond donors (Lipinski definition) is 0. The van der Waals surface area contributed by atoms with Crippen LogP contribution >= 0.6 is 11.8 Å². The number of rotatable bonds is 22. The summed E-state index contributed by atoms with van der Waals surface area (Å²) >= 11 is 2.13. The maximum atomic E-state index is 11.2. The number of hydrogen-bond acceptors (Lipinski definition) is 5. The first-order chi connectivity index (χ1) is 19.1. The summed E-state index contributed by atoms with van der Waals surface area (Å²) < 4.78 is 10.6. The maximum absolute atomic E-state index is 11.2. The van der Waals surface area contributed by atoms with Crippen LogP contribution in [0.15, 0.2) is 48.5 Å². The minimum atomic E-state index is -0.249. The number of aryl methyl sites for hydroxylation is 2. The third-order valence-electron chi connectivity index (χ3n) is 6.92. The Kier molecular flexibility index (Phi) is 18.2. The first kappa shape index (κ1) is 32.9. The second-order valence-corrected chi connectivity index (χ2v) is 11.7. The summed E-state index contributed by atoms with van der Waals surface area (Å²) in [5, 5.41) is 0. The van der Waals surface area contributed by atoms with E-state index in [4.69, 9.17) is 9.47 Å². The molecule has 2 aromatic rings. The minimum Gasteiger partial charge on any atom is -0.426 e. The van der Waals surface area contributed by atoms with Gasteiger partial charge >= 0.3 is 11.9 Å². The molecule has 0 saturated carbocycles. The standard InChI is InChI=1S/C34H50O4S/c1-29(35)37-33-25-17-15-23-31(33)21-13-9-5-3-7-11-19-27-39-28-20-12-8-4-6-10-14-22-32-24-16-18-26-34(32)38-30(2)36/h15-18,23-26H,3-14,19-22,27-28H2,1-2H3. The van der Waals surface area contributed by atoms with Crippen LogP contribution in [0.3, 0.4) is 0 Å². The molecule has 0 N–H and O–H groups in total. The van der Waals surface area contributed by atoms with Gasteiger partial charge in [-0.3, -0.25) is 9.59 Å². The Bertz CT molecular complexity index is 867. The fourth-order valence-corrected chi connectivity index (χ4v) is 5.86. The van der Waals surface area contributed by atoms with Crippen molar-refractivity contribution in [2.24, 2.45) is 0 Å². The number of para-hydroxylation sites is 2. The molecule has 2 rings (SSSR count). The zero-order valence-electron chi connectivity index (χ0n) is 24.4. The Morgan fingerprint density at radius 1 is 0.513 bits per heavy atom. The normalized spacial score (nSPS) is 10.9. The number of thioether (sulfide) groups is 1. The van der Waals surface area contributed by atoms with Crippen molar-refractivity contribution in [1.82, 2.24) is 0 Å². The van der Waals surface area contributed by atoms with Gasteiger partial charge in [-0.1, -0.05) is 101 Å². The van der Waals surface area contributed by atoms with Crippen LogP contribution in [0.25, 0.3) is 0 Å². The van der Waals surface area contributed by atoms with E-state index < -0.39 is 0 Å². The van der Waals surface area contributed by atoms with Gasteiger partial charge in [-0.2, -0.15) is 11.8 Å². The van der Waals surface area contributed by atoms with Crippen molar-refractivity contribution < 1.29 is 19.1 Å². The van der Waals surface area contributed by atoms with Crippen molar-refractivity contribution in [3.63, 3.8) is 0 Å². The third-order valence-corrected chi connectivity index (χ3v) is 8.08. The summed E-state index contributed by atoms with van der Waals surface area (Å²) in [7, 11) is 0. The summed E-state index contributed by atoms with van der Waals surface area (Å²) in [5.74, 6) is 3.55. The van der Waals surface area contributed by atoms with Crippen LogP contribution < -0.4 is 9.47 Å². The molecule has 0 aliphatic carbocycles. The first-order valence-electron chi connectivity index (χ1n) is 15.2. The van der Waals surface area contributed by atoms with Crippen LogP contribution in [0, 0.1) is 0 Å². The van der Waals surface area contributed by atoms with Crippen molar-refractivity contribution in [2.45, 2.75) is 117 Å². The SMILES string of the molecule is CC(=O)Oc1ccccc1CCCCCCCCCSCCCCCCCCCc1ccccc1OC(C)=O. The summed E-state index contributed by atoms with van der Waals surface area (Å²) in [6.45, 7) is 2.92. The van der Waals surface area contributed by atoms with Crippen molar-refractivity contribution in [3.05, 3.63) is 59.7 Å². The van der Waals surface area contributed by atoms with E-state index >= 15 is 0 Å². The molecule has 0 aromatic heterocycles. The summed E-state index contributed by atoms with van der Waals surface area (Å²) in [6, 6.07) is 15.8. The molecule has 0 unspecified atom stereocenters. The Morgan fingerprint density at radius 2 is 0.846 bits per heavy atom. The van der Waals surface area contributed by atoms with Gasteiger partial charge in [-0.05, 0) is 73.3 Å². The first-order valence-corrected chi connectivity index (χ1v) is 16.3. The van der Waals surface area contributed by atoms with Gasteiger partial charge in [0, 0.05) is 13.8 Å². The van der Waals surface area contributed by atoms with Gasteiger partial charge in [0.2, 0.25) is 0 Å². The number of ether oxygens (including phenoxy) is 2. The number of carbonyl (C=O) groups is 2. The van der Waals surface area contributed by atoms with E-state index in [0.717, 1.165) is 48.3 Å². The molecule has 0 amide bonds. The van der Waals surface area contributed by atoms with Gasteiger partial charge in [0.05, 0.1) is 0 Å². The van der Waals surface area contributed by atoms with Gasteiger partial charge in [0.15, 0.2) is 0 Å². The smallest absolute Gasteiger partial charge is 0.308 e. The number of esters is 2. The topological polar surface area (TPSA) is 52.6 Å². The molecule has 0 radical (unpaired) electrons. The monoisotopic (exact) mass is 554 g/mol. The zero-order chi connectivity index (χ0) is 28.0. The Balaban J connectivity index is 1.32. The molecule has 39 heavy (non-hydrogen) atoms. The van der Waals surface area contributed by atoms with E-state index in [1.165, 1.54) is 102 Å². The number of unbranched alkanes of at least 4 members (excludes halogenated alkanes) is 12. The highest BCUT2D eigenvalue weighted by molar-refractivity contribution is 7.99. The predicted molar refractivity (Wildman–Crippen MR) is 165 cm³/mol. The highest BCUT2D eigenvalue weighted by Crippen LogP contribution is 2.22. The molecular weight excluding hydrogens is 504 g/mol. The lowest BCUT2D eigenvalue weighted by molar-refractivity contribution is -0.132. The van der Waals surface area contributed by atoms with E-state index in [-0.39, 0.29) is 11.9 Å². The molecule has 0 saturated heterocycles. The van der Waals surface area contributed by atoms with Gasteiger partial charge in [0.1, 0.15) is 11.5 Å². The second-order valence-electron chi connectivity index (χ2n) is 10.5.